The lowest BCUT2D eigenvalue weighted by Crippen LogP contribution is -2.49. The first-order chi connectivity index (χ1) is 8.54. The van der Waals surface area contributed by atoms with E-state index in [1.54, 1.807) is 4.90 Å². The topological polar surface area (TPSA) is 75.4 Å². The summed E-state index contributed by atoms with van der Waals surface area (Å²) in [5.74, 6) is -0.00400. The van der Waals surface area contributed by atoms with Gasteiger partial charge >= 0.3 is 0 Å². The molecule has 104 valence electrons. The number of nitrogens with two attached hydrogens (primary N) is 1. The molecule has 0 aromatic carbocycles. The number of nitrogens with one attached hydrogen (secondary N) is 1. The first-order valence-corrected chi connectivity index (χ1v) is 6.83. The molecule has 0 aromatic heterocycles. The van der Waals surface area contributed by atoms with Crippen LogP contribution in [0, 0.1) is 5.92 Å². The van der Waals surface area contributed by atoms with E-state index in [-0.39, 0.29) is 18.5 Å². The molecule has 5 heteroatoms. The zero-order valence-electron chi connectivity index (χ0n) is 11.4. The van der Waals surface area contributed by atoms with Gasteiger partial charge in [0.25, 0.3) is 0 Å². The molecule has 1 aliphatic heterocycles. The summed E-state index contributed by atoms with van der Waals surface area (Å²) in [7, 11) is 0. The van der Waals surface area contributed by atoms with Crippen molar-refractivity contribution in [2.24, 2.45) is 11.7 Å². The van der Waals surface area contributed by atoms with Crippen molar-refractivity contribution in [3.8, 4) is 0 Å². The fourth-order valence-corrected chi connectivity index (χ4v) is 2.27. The van der Waals surface area contributed by atoms with Gasteiger partial charge in [-0.3, -0.25) is 9.59 Å². The molecule has 2 amide bonds. The molecule has 3 N–H and O–H groups in total. The Bertz CT molecular complexity index is 288. The third-order valence-corrected chi connectivity index (χ3v) is 3.62. The van der Waals surface area contributed by atoms with Crippen molar-refractivity contribution in [1.29, 1.82) is 0 Å². The molecule has 1 unspecified atom stereocenters. The van der Waals surface area contributed by atoms with Gasteiger partial charge in [-0.05, 0) is 31.8 Å². The summed E-state index contributed by atoms with van der Waals surface area (Å²) in [4.78, 5) is 25.1. The number of carbonyl (C=O) groups excluding carboxylic acids is 2. The van der Waals surface area contributed by atoms with E-state index in [0.717, 1.165) is 32.4 Å². The minimum Gasteiger partial charge on any atom is -0.368 e. The van der Waals surface area contributed by atoms with Gasteiger partial charge in [0.15, 0.2) is 0 Å². The van der Waals surface area contributed by atoms with Crippen LogP contribution >= 0.6 is 0 Å². The van der Waals surface area contributed by atoms with Gasteiger partial charge in [0.05, 0.1) is 6.54 Å². The fourth-order valence-electron chi connectivity index (χ4n) is 2.27. The number of carbonyl (C=O) groups is 2. The molecule has 1 fully saturated rings. The lowest BCUT2D eigenvalue weighted by Gasteiger charge is -2.34. The van der Waals surface area contributed by atoms with Gasteiger partial charge in [0.2, 0.25) is 11.8 Å². The maximum atomic E-state index is 12.2. The Labute approximate surface area is 109 Å². The van der Waals surface area contributed by atoms with Crippen molar-refractivity contribution in [2.45, 2.75) is 45.6 Å². The second-order valence-electron chi connectivity index (χ2n) is 5.19. The van der Waals surface area contributed by atoms with Gasteiger partial charge in [0.1, 0.15) is 0 Å². The lowest BCUT2D eigenvalue weighted by atomic mass is 10.0. The van der Waals surface area contributed by atoms with Crippen LogP contribution in [-0.2, 0) is 9.59 Å². The molecule has 1 rings (SSSR count). The van der Waals surface area contributed by atoms with Crippen LogP contribution < -0.4 is 11.1 Å². The predicted octanol–water partition coefficient (Wildman–Crippen LogP) is 0.489. The summed E-state index contributed by atoms with van der Waals surface area (Å²) in [6.07, 6.45) is 3.29. The Morgan fingerprint density at radius 1 is 1.39 bits per heavy atom. The highest BCUT2D eigenvalue weighted by Crippen LogP contribution is 2.16. The van der Waals surface area contributed by atoms with Gasteiger partial charge in [0, 0.05) is 12.5 Å². The number of piperidine rings is 1. The molecule has 0 spiro atoms. The minimum atomic E-state index is -0.425. The first kappa shape index (κ1) is 15.0. The number of hydrogen-bond donors (Lipinski definition) is 2. The fraction of sp³-hybridized carbons (Fsp3) is 0.846. The van der Waals surface area contributed by atoms with Gasteiger partial charge < -0.3 is 16.0 Å². The molecule has 0 aromatic rings. The summed E-state index contributed by atoms with van der Waals surface area (Å²) in [6, 6.07) is 0.162. The highest BCUT2D eigenvalue weighted by molar-refractivity contribution is 5.84. The molecule has 0 saturated carbocycles. The summed E-state index contributed by atoms with van der Waals surface area (Å²) < 4.78 is 0. The van der Waals surface area contributed by atoms with Crippen LogP contribution in [0.3, 0.4) is 0 Å². The van der Waals surface area contributed by atoms with E-state index in [4.69, 9.17) is 5.73 Å². The summed E-state index contributed by atoms with van der Waals surface area (Å²) in [6.45, 7) is 5.98. The summed E-state index contributed by atoms with van der Waals surface area (Å²) in [5.41, 5.74) is 5.25. The predicted molar refractivity (Wildman–Crippen MR) is 70.9 cm³/mol. The molecule has 18 heavy (non-hydrogen) atoms. The van der Waals surface area contributed by atoms with Crippen LogP contribution in [0.2, 0.25) is 0 Å². The third-order valence-electron chi connectivity index (χ3n) is 3.62. The first-order valence-electron chi connectivity index (χ1n) is 6.83. The van der Waals surface area contributed by atoms with E-state index in [0.29, 0.717) is 12.3 Å². The van der Waals surface area contributed by atoms with Crippen LogP contribution in [-0.4, -0.2) is 42.4 Å². The molecular weight excluding hydrogens is 230 g/mol. The highest BCUT2D eigenvalue weighted by Gasteiger charge is 2.26. The Balaban J connectivity index is 2.63. The molecule has 1 atom stereocenters. The van der Waals surface area contributed by atoms with E-state index >= 15 is 0 Å². The number of rotatable bonds is 6. The smallest absolute Gasteiger partial charge is 0.237 e. The SMILES string of the molecule is CCC(C)CC(=O)N(CC(N)=O)C1CCNCC1. The van der Waals surface area contributed by atoms with E-state index in [1.807, 2.05) is 0 Å². The van der Waals surface area contributed by atoms with E-state index in [1.165, 1.54) is 0 Å². The quantitative estimate of drug-likeness (QED) is 0.725. The second-order valence-corrected chi connectivity index (χ2v) is 5.19. The van der Waals surface area contributed by atoms with Crippen molar-refractivity contribution < 1.29 is 9.59 Å². The van der Waals surface area contributed by atoms with Gasteiger partial charge in [-0.15, -0.1) is 0 Å². The van der Waals surface area contributed by atoms with E-state index < -0.39 is 5.91 Å². The van der Waals surface area contributed by atoms with Crippen molar-refractivity contribution in [1.82, 2.24) is 10.2 Å². The normalized spacial score (nSPS) is 18.3. The number of primary amides is 1. The van der Waals surface area contributed by atoms with Crippen LogP contribution in [0.5, 0.6) is 0 Å². The maximum absolute atomic E-state index is 12.2. The van der Waals surface area contributed by atoms with Crippen molar-refractivity contribution >= 4 is 11.8 Å². The maximum Gasteiger partial charge on any atom is 0.237 e. The Morgan fingerprint density at radius 3 is 2.50 bits per heavy atom. The zero-order valence-corrected chi connectivity index (χ0v) is 11.4. The zero-order chi connectivity index (χ0) is 13.5. The number of nitrogens with zero attached hydrogens (tertiary/aromatic N) is 1. The Morgan fingerprint density at radius 2 is 2.00 bits per heavy atom. The third kappa shape index (κ3) is 4.64. The summed E-state index contributed by atoms with van der Waals surface area (Å²) >= 11 is 0. The van der Waals surface area contributed by atoms with Crippen molar-refractivity contribution in [3.05, 3.63) is 0 Å². The Hall–Kier alpha value is -1.10. The summed E-state index contributed by atoms with van der Waals surface area (Å²) in [5, 5.41) is 3.26. The van der Waals surface area contributed by atoms with Crippen LogP contribution in [0.1, 0.15) is 39.5 Å². The Kier molecular flexibility index (Phi) is 6.12. The molecule has 1 heterocycles. The lowest BCUT2D eigenvalue weighted by molar-refractivity contribution is -0.138. The van der Waals surface area contributed by atoms with Crippen molar-refractivity contribution in [3.63, 3.8) is 0 Å². The van der Waals surface area contributed by atoms with Crippen LogP contribution in [0.25, 0.3) is 0 Å². The molecule has 5 nitrogen and oxygen atoms in total. The highest BCUT2D eigenvalue weighted by atomic mass is 16.2. The second kappa shape index (κ2) is 7.36. The van der Waals surface area contributed by atoms with Crippen LogP contribution in [0.15, 0.2) is 0 Å². The van der Waals surface area contributed by atoms with Crippen LogP contribution in [0.4, 0.5) is 0 Å². The van der Waals surface area contributed by atoms with Gasteiger partial charge in [-0.1, -0.05) is 20.3 Å². The monoisotopic (exact) mass is 255 g/mol. The van der Waals surface area contributed by atoms with Gasteiger partial charge in [-0.2, -0.15) is 0 Å². The minimum absolute atomic E-state index is 0.0555. The molecule has 0 bridgehead atoms. The van der Waals surface area contributed by atoms with Crippen molar-refractivity contribution in [2.75, 3.05) is 19.6 Å². The standard InChI is InChI=1S/C13H25N3O2/c1-3-10(2)8-13(18)16(9-12(14)17)11-4-6-15-7-5-11/h10-11,15H,3-9H2,1-2H3,(H2,14,17). The van der Waals surface area contributed by atoms with E-state index in [2.05, 4.69) is 19.2 Å². The molecule has 1 aliphatic rings. The molecular formula is C13H25N3O2. The molecule has 0 aliphatic carbocycles. The molecule has 0 radical (unpaired) electrons. The average molecular weight is 255 g/mol. The molecule has 1 saturated heterocycles. The number of amides is 2. The average Bonchev–Trinajstić information content (AvgIpc) is 2.36. The number of hydrogen-bond acceptors (Lipinski definition) is 3. The van der Waals surface area contributed by atoms with Gasteiger partial charge in [-0.25, -0.2) is 0 Å². The van der Waals surface area contributed by atoms with E-state index in [9.17, 15) is 9.59 Å². The largest absolute Gasteiger partial charge is 0.368 e.